The Morgan fingerprint density at radius 3 is 1.20 bits per heavy atom. The van der Waals surface area contributed by atoms with E-state index in [0.717, 1.165) is 22.3 Å². The Morgan fingerprint density at radius 2 is 0.768 bits per heavy atom. The van der Waals surface area contributed by atoms with Crippen LogP contribution in [0.15, 0.2) is 198 Å². The predicted octanol–water partition coefficient (Wildman–Crippen LogP) is 8.41. The monoisotopic (exact) mass is 774 g/mol. The Kier molecular flexibility index (Phi) is 8.63. The Balaban J connectivity index is 1.35. The molecular weight excluding hydrogens is 745 g/mol. The lowest BCUT2D eigenvalue weighted by molar-refractivity contribution is 0.481. The molecule has 0 spiro atoms. The van der Waals surface area contributed by atoms with Gasteiger partial charge in [-0.3, -0.25) is 14.1 Å². The van der Waals surface area contributed by atoms with E-state index in [9.17, 15) is 25.9 Å². The highest BCUT2D eigenvalue weighted by Gasteiger charge is 2.29. The van der Waals surface area contributed by atoms with Gasteiger partial charge >= 0.3 is 0 Å². The molecule has 12 heteroatoms. The van der Waals surface area contributed by atoms with Crippen molar-refractivity contribution in [3.05, 3.63) is 191 Å². The van der Waals surface area contributed by atoms with Gasteiger partial charge in [0.15, 0.2) is 0 Å². The van der Waals surface area contributed by atoms with Gasteiger partial charge in [0.05, 0.1) is 55.4 Å². The maximum absolute atomic E-state index is 12.0. The zero-order valence-corrected chi connectivity index (χ0v) is 31.0. The van der Waals surface area contributed by atoms with E-state index in [-0.39, 0.29) is 9.79 Å². The third-order valence-corrected chi connectivity index (χ3v) is 11.6. The number of benzene rings is 4. The van der Waals surface area contributed by atoms with Crippen LogP contribution in [0, 0.1) is 0 Å². The van der Waals surface area contributed by atoms with Crippen LogP contribution in [0.4, 0.5) is 0 Å². The molecule has 56 heavy (non-hydrogen) atoms. The van der Waals surface area contributed by atoms with Crippen LogP contribution in [0.2, 0.25) is 0 Å². The summed E-state index contributed by atoms with van der Waals surface area (Å²) >= 11 is 0. The van der Waals surface area contributed by atoms with Crippen LogP contribution in [-0.2, 0) is 20.2 Å². The van der Waals surface area contributed by atoms with Crippen molar-refractivity contribution in [3.63, 3.8) is 0 Å². The van der Waals surface area contributed by atoms with Gasteiger partial charge in [0.2, 0.25) is 0 Å². The minimum absolute atomic E-state index is 0.238. The first-order valence-electron chi connectivity index (χ1n) is 17.6. The Hall–Kier alpha value is -6.44. The number of aliphatic imine (C=N–C) groups is 4. The summed E-state index contributed by atoms with van der Waals surface area (Å²) in [4.78, 5) is 20.4. The molecule has 4 aromatic carbocycles. The van der Waals surface area contributed by atoms with E-state index in [1.807, 2.05) is 97.1 Å². The average molecular weight is 775 g/mol. The summed E-state index contributed by atoms with van der Waals surface area (Å²) in [7, 11) is -8.87. The Bertz CT molecular complexity index is 2950. The molecule has 5 aliphatic heterocycles. The molecule has 0 aliphatic carbocycles. The second-order valence-corrected chi connectivity index (χ2v) is 16.2. The van der Waals surface area contributed by atoms with E-state index in [1.165, 1.54) is 24.3 Å². The molecule has 5 heterocycles. The lowest BCUT2D eigenvalue weighted by atomic mass is 9.96. The molecule has 0 unspecified atom stereocenters. The maximum atomic E-state index is 12.0. The second kappa shape index (κ2) is 13.7. The highest BCUT2D eigenvalue weighted by molar-refractivity contribution is 7.86. The third-order valence-electron chi connectivity index (χ3n) is 9.91. The second-order valence-electron chi connectivity index (χ2n) is 13.4. The number of allylic oxidation sites excluding steroid dienone is 11. The minimum atomic E-state index is -4.44. The fraction of sp³-hybridized carbons (Fsp3) is 0.0455. The average Bonchev–Trinajstić information content (AvgIpc) is 4.03. The van der Waals surface area contributed by atoms with Gasteiger partial charge in [-0.15, -0.1) is 0 Å². The topological polar surface area (TPSA) is 158 Å². The molecule has 0 aromatic heterocycles. The summed E-state index contributed by atoms with van der Waals surface area (Å²) in [5.41, 5.74) is 11.5. The van der Waals surface area contributed by atoms with Gasteiger partial charge < -0.3 is 0 Å². The summed E-state index contributed by atoms with van der Waals surface area (Å²) in [6, 6.07) is 31.8. The van der Waals surface area contributed by atoms with E-state index in [1.54, 1.807) is 24.3 Å². The summed E-state index contributed by atoms with van der Waals surface area (Å²) < 4.78 is 67.4. The first-order chi connectivity index (χ1) is 27.0. The highest BCUT2D eigenvalue weighted by atomic mass is 32.2. The predicted molar refractivity (Wildman–Crippen MR) is 219 cm³/mol. The molecule has 9 rings (SSSR count). The van der Waals surface area contributed by atoms with Gasteiger partial charge in [-0.05, 0) is 95.8 Å². The molecule has 5 aliphatic rings. The molecule has 0 radical (unpaired) electrons. The quantitative estimate of drug-likeness (QED) is 0.187. The summed E-state index contributed by atoms with van der Waals surface area (Å²) in [6.07, 6.45) is 12.7. The lowest BCUT2D eigenvalue weighted by Gasteiger charge is -2.13. The standard InChI is InChI=1S/C44H30N4O6S2/c49-55(50,51)31-15-11-29(12-16-31)43-37-23-21-35(46-37)41(27-7-3-1-4-8-27)33-19-20-34(45-33)42(28-9-5-2-6-10-28)36-22-24-38(47-36)44(40-26-25-39(43)48-40)30-13-17-32(18-14-30)56(52,53)54/h1-24H,25-26H2,(H,49,50,51)(H,52,53,54). The van der Waals surface area contributed by atoms with Crippen molar-refractivity contribution in [3.8, 4) is 0 Å². The van der Waals surface area contributed by atoms with Gasteiger partial charge in [0.25, 0.3) is 20.2 Å². The first kappa shape index (κ1) is 35.3. The smallest absolute Gasteiger partial charge is 0.282 e. The van der Waals surface area contributed by atoms with Crippen LogP contribution in [0.5, 0.6) is 0 Å². The van der Waals surface area contributed by atoms with Crippen molar-refractivity contribution in [2.24, 2.45) is 20.0 Å². The van der Waals surface area contributed by atoms with Crippen LogP contribution in [0.1, 0.15) is 35.1 Å². The van der Waals surface area contributed by atoms with Crippen LogP contribution < -0.4 is 0 Å². The van der Waals surface area contributed by atoms with Gasteiger partial charge in [0, 0.05) is 22.3 Å². The van der Waals surface area contributed by atoms with Crippen LogP contribution in [0.3, 0.4) is 0 Å². The van der Waals surface area contributed by atoms with Gasteiger partial charge in [-0.2, -0.15) is 16.8 Å². The highest BCUT2D eigenvalue weighted by Crippen LogP contribution is 2.40. The molecule has 0 saturated carbocycles. The number of nitrogens with zero attached hydrogens (tertiary/aromatic N) is 4. The fourth-order valence-electron chi connectivity index (χ4n) is 7.37. The summed E-state index contributed by atoms with van der Waals surface area (Å²) in [5.74, 6) is 0. The number of hydrogen-bond donors (Lipinski definition) is 2. The number of hydrogen-bond acceptors (Lipinski definition) is 8. The van der Waals surface area contributed by atoms with Crippen LogP contribution in [-0.4, -0.2) is 48.8 Å². The first-order valence-corrected chi connectivity index (χ1v) is 20.5. The molecule has 8 bridgehead atoms. The van der Waals surface area contributed by atoms with Crippen LogP contribution in [0.25, 0.3) is 22.3 Å². The Morgan fingerprint density at radius 1 is 0.393 bits per heavy atom. The van der Waals surface area contributed by atoms with E-state index in [0.29, 0.717) is 80.7 Å². The normalized spacial score (nSPS) is 17.9. The van der Waals surface area contributed by atoms with Gasteiger partial charge in [0.1, 0.15) is 0 Å². The minimum Gasteiger partial charge on any atom is -0.282 e. The van der Waals surface area contributed by atoms with Gasteiger partial charge in [-0.25, -0.2) is 15.0 Å². The van der Waals surface area contributed by atoms with Crippen LogP contribution >= 0.6 is 0 Å². The number of fused-ring (bicyclic) bond motifs is 4. The molecule has 4 aromatic rings. The van der Waals surface area contributed by atoms with E-state index in [2.05, 4.69) is 0 Å². The maximum Gasteiger partial charge on any atom is 0.294 e. The van der Waals surface area contributed by atoms with Gasteiger partial charge in [-0.1, -0.05) is 84.9 Å². The molecule has 0 fully saturated rings. The SMILES string of the molecule is O=S(=O)(O)c1ccc(C2=C3C=CC(=N3)C(c3ccccc3)=C3C=CC(=N3)C(c3ccccc3)=C3C=CC(=N3)C(c3ccc(S(=O)(=O)O)cc3)=C3CCC2=N3)cc1. The fourth-order valence-corrected chi connectivity index (χ4v) is 8.33. The van der Waals surface area contributed by atoms with Crippen molar-refractivity contribution in [1.82, 2.24) is 0 Å². The van der Waals surface area contributed by atoms with Crippen molar-refractivity contribution < 1.29 is 25.9 Å². The zero-order valence-electron chi connectivity index (χ0n) is 29.4. The van der Waals surface area contributed by atoms with Crippen molar-refractivity contribution in [1.29, 1.82) is 0 Å². The summed E-state index contributed by atoms with van der Waals surface area (Å²) in [5, 5.41) is 0. The molecule has 0 amide bonds. The largest absolute Gasteiger partial charge is 0.294 e. The molecule has 0 saturated heterocycles. The molecule has 0 atom stereocenters. The molecule has 2 N–H and O–H groups in total. The molecule has 10 nitrogen and oxygen atoms in total. The Labute approximate surface area is 323 Å². The molecule has 274 valence electrons. The lowest BCUT2D eigenvalue weighted by Crippen LogP contribution is -2.04. The van der Waals surface area contributed by atoms with E-state index < -0.39 is 20.2 Å². The van der Waals surface area contributed by atoms with Crippen molar-refractivity contribution in [2.45, 2.75) is 22.6 Å². The van der Waals surface area contributed by atoms with Crippen molar-refractivity contribution in [2.75, 3.05) is 0 Å². The zero-order chi connectivity index (χ0) is 38.6. The summed E-state index contributed by atoms with van der Waals surface area (Å²) in [6.45, 7) is 0. The molecular formula is C44H30N4O6S2. The third kappa shape index (κ3) is 6.54. The van der Waals surface area contributed by atoms with E-state index in [4.69, 9.17) is 20.0 Å². The van der Waals surface area contributed by atoms with E-state index >= 15 is 0 Å². The van der Waals surface area contributed by atoms with Crippen molar-refractivity contribution >= 4 is 65.4 Å². The number of rotatable bonds is 6.